The van der Waals surface area contributed by atoms with E-state index in [2.05, 4.69) is 20.8 Å². The molecule has 0 bridgehead atoms. The zero-order chi connectivity index (χ0) is 20.6. The lowest BCUT2D eigenvalue weighted by Crippen LogP contribution is -2.23. The lowest BCUT2D eigenvalue weighted by Gasteiger charge is -2.12. The monoisotopic (exact) mass is 412 g/mol. The first-order valence-electron chi connectivity index (χ1n) is 8.96. The third-order valence-electron chi connectivity index (χ3n) is 4.82. The van der Waals surface area contributed by atoms with Crippen LogP contribution in [0.1, 0.15) is 32.6 Å². The molecule has 4 rings (SSSR count). The molecule has 0 aliphatic carbocycles. The van der Waals surface area contributed by atoms with Crippen molar-refractivity contribution < 1.29 is 17.9 Å². The fraction of sp³-hybridized carbons (Fsp3) is 0.200. The first-order chi connectivity index (χ1) is 13.9. The summed E-state index contributed by atoms with van der Waals surface area (Å²) in [7, 11) is -2.14. The summed E-state index contributed by atoms with van der Waals surface area (Å²) >= 11 is 0. The molecule has 2 heterocycles. The molecular weight excluding hydrogens is 392 g/mol. The molecule has 3 aromatic rings. The number of methoxy groups -OCH3 is 1. The van der Waals surface area contributed by atoms with Gasteiger partial charge in [0.25, 0.3) is 5.91 Å². The van der Waals surface area contributed by atoms with Gasteiger partial charge in [0, 0.05) is 17.7 Å². The van der Waals surface area contributed by atoms with Gasteiger partial charge in [-0.3, -0.25) is 15.2 Å². The molecule has 1 amide bonds. The van der Waals surface area contributed by atoms with Crippen LogP contribution in [0.25, 0.3) is 0 Å². The number of ether oxygens (including phenoxy) is 1. The molecule has 1 atom stereocenters. The fourth-order valence-corrected chi connectivity index (χ4v) is 5.01. The van der Waals surface area contributed by atoms with E-state index in [9.17, 15) is 13.2 Å². The highest BCUT2D eigenvalue weighted by Crippen LogP contribution is 2.35. The average molecular weight is 412 g/mol. The summed E-state index contributed by atoms with van der Waals surface area (Å²) in [5.41, 5.74) is 2.34. The largest absolute Gasteiger partial charge is 0.497 e. The molecule has 8 nitrogen and oxygen atoms in total. The first kappa shape index (κ1) is 19.2. The van der Waals surface area contributed by atoms with Gasteiger partial charge in [0.2, 0.25) is 0 Å². The van der Waals surface area contributed by atoms with Gasteiger partial charge in [-0.05, 0) is 42.8 Å². The number of aromatic amines is 1. The average Bonchev–Trinajstić information content (AvgIpc) is 3.31. The van der Waals surface area contributed by atoms with Gasteiger partial charge in [0.15, 0.2) is 21.0 Å². The maximum Gasteiger partial charge on any atom is 0.257 e. The van der Waals surface area contributed by atoms with Crippen LogP contribution in [-0.4, -0.2) is 31.6 Å². The molecule has 0 saturated heterocycles. The van der Waals surface area contributed by atoms with Gasteiger partial charge in [-0.2, -0.15) is 5.10 Å². The minimum atomic E-state index is -3.66. The van der Waals surface area contributed by atoms with Crippen LogP contribution in [0, 0.1) is 6.92 Å². The number of sulfone groups is 1. The van der Waals surface area contributed by atoms with Crippen LogP contribution in [-0.2, 0) is 16.4 Å². The summed E-state index contributed by atoms with van der Waals surface area (Å²) < 4.78 is 31.3. The van der Waals surface area contributed by atoms with E-state index in [1.807, 2.05) is 13.0 Å². The van der Waals surface area contributed by atoms with Crippen molar-refractivity contribution >= 4 is 21.6 Å². The summed E-state index contributed by atoms with van der Waals surface area (Å²) in [5.74, 6) is 0.515. The Morgan fingerprint density at radius 2 is 2.00 bits per heavy atom. The van der Waals surface area contributed by atoms with Crippen LogP contribution < -0.4 is 15.4 Å². The van der Waals surface area contributed by atoms with Gasteiger partial charge in [-0.15, -0.1) is 0 Å². The second-order valence-corrected chi connectivity index (χ2v) is 8.81. The number of anilines is 1. The number of fused-ring (bicyclic) bond motifs is 1. The van der Waals surface area contributed by atoms with Gasteiger partial charge in [-0.25, -0.2) is 8.42 Å². The van der Waals surface area contributed by atoms with Crippen molar-refractivity contribution in [2.45, 2.75) is 23.7 Å². The van der Waals surface area contributed by atoms with E-state index < -0.39 is 15.2 Å². The first-order valence-corrected chi connectivity index (χ1v) is 10.5. The highest BCUT2D eigenvalue weighted by atomic mass is 32.2. The van der Waals surface area contributed by atoms with Crippen LogP contribution in [0.4, 0.5) is 5.82 Å². The zero-order valence-corrected chi connectivity index (χ0v) is 16.7. The third kappa shape index (κ3) is 3.50. The zero-order valence-electron chi connectivity index (χ0n) is 15.9. The SMILES string of the molecule is COc1cccc(C(=O)Nc2n[nH]c3c2CNC3S(=O)(=O)c2cccc(C)c2)c1. The summed E-state index contributed by atoms with van der Waals surface area (Å²) in [6, 6.07) is 13.5. The normalized spacial score (nSPS) is 15.7. The maximum absolute atomic E-state index is 13.1. The number of aryl methyl sites for hydroxylation is 1. The predicted octanol–water partition coefficient (Wildman–Crippen LogP) is 2.55. The second-order valence-electron chi connectivity index (χ2n) is 6.77. The maximum atomic E-state index is 13.1. The molecule has 1 unspecified atom stereocenters. The number of aromatic nitrogens is 2. The highest BCUT2D eigenvalue weighted by Gasteiger charge is 2.38. The predicted molar refractivity (Wildman–Crippen MR) is 107 cm³/mol. The van der Waals surface area contributed by atoms with E-state index in [4.69, 9.17) is 4.74 Å². The minimum absolute atomic E-state index is 0.236. The number of benzene rings is 2. The second kappa shape index (κ2) is 7.34. The molecule has 3 N–H and O–H groups in total. The molecule has 29 heavy (non-hydrogen) atoms. The molecule has 1 aromatic heterocycles. The lowest BCUT2D eigenvalue weighted by atomic mass is 10.2. The Morgan fingerprint density at radius 1 is 1.21 bits per heavy atom. The van der Waals surface area contributed by atoms with Gasteiger partial charge < -0.3 is 10.1 Å². The van der Waals surface area contributed by atoms with Crippen LogP contribution in [0.5, 0.6) is 5.75 Å². The number of carbonyl (C=O) groups excluding carboxylic acids is 1. The van der Waals surface area contributed by atoms with E-state index >= 15 is 0 Å². The molecule has 0 radical (unpaired) electrons. The smallest absolute Gasteiger partial charge is 0.257 e. The van der Waals surface area contributed by atoms with Crippen molar-refractivity contribution in [3.05, 3.63) is 70.9 Å². The van der Waals surface area contributed by atoms with Gasteiger partial charge in [0.05, 0.1) is 17.7 Å². The van der Waals surface area contributed by atoms with Crippen molar-refractivity contribution in [2.75, 3.05) is 12.4 Å². The number of carbonyl (C=O) groups is 1. The quantitative estimate of drug-likeness (QED) is 0.594. The number of nitrogens with one attached hydrogen (secondary N) is 3. The molecule has 1 aliphatic heterocycles. The van der Waals surface area contributed by atoms with E-state index in [0.29, 0.717) is 28.4 Å². The Morgan fingerprint density at radius 3 is 2.76 bits per heavy atom. The van der Waals surface area contributed by atoms with Crippen molar-refractivity contribution in [1.29, 1.82) is 0 Å². The third-order valence-corrected chi connectivity index (χ3v) is 6.75. The molecule has 1 aliphatic rings. The van der Waals surface area contributed by atoms with E-state index in [-0.39, 0.29) is 17.3 Å². The molecule has 0 fully saturated rings. The molecule has 150 valence electrons. The summed E-state index contributed by atoms with van der Waals surface area (Å²) in [6.07, 6.45) is 0. The Labute approximate surface area is 168 Å². The molecule has 2 aromatic carbocycles. The van der Waals surface area contributed by atoms with Crippen LogP contribution in [0.15, 0.2) is 53.4 Å². The number of nitrogens with zero attached hydrogens (tertiary/aromatic N) is 1. The molecule has 0 spiro atoms. The Bertz CT molecular complexity index is 1190. The van der Waals surface area contributed by atoms with Gasteiger partial charge in [0.1, 0.15) is 5.75 Å². The topological polar surface area (TPSA) is 113 Å². The Balaban J connectivity index is 1.60. The Hall–Kier alpha value is -3.17. The summed E-state index contributed by atoms with van der Waals surface area (Å²) in [5, 5.41) is 11.7. The van der Waals surface area contributed by atoms with Crippen molar-refractivity contribution in [3.63, 3.8) is 0 Å². The van der Waals surface area contributed by atoms with Crippen molar-refractivity contribution in [1.82, 2.24) is 15.5 Å². The number of rotatable bonds is 5. The number of amides is 1. The minimum Gasteiger partial charge on any atom is -0.497 e. The number of H-pyrrole nitrogens is 1. The standard InChI is InChI=1S/C20H20N4O4S/c1-12-5-3-8-15(9-12)29(26,27)20-17-16(11-21-20)18(24-23-17)22-19(25)13-6-4-7-14(10-13)28-2/h3-10,20-21H,11H2,1-2H3,(H2,22,23,24,25). The van der Waals surface area contributed by atoms with Crippen LogP contribution in [0.3, 0.4) is 0 Å². The molecule has 9 heteroatoms. The van der Waals surface area contributed by atoms with E-state index in [1.165, 1.54) is 7.11 Å². The molecular formula is C20H20N4O4S. The van der Waals surface area contributed by atoms with Crippen molar-refractivity contribution in [2.24, 2.45) is 0 Å². The Kier molecular flexibility index (Phi) is 4.85. The van der Waals surface area contributed by atoms with Gasteiger partial charge in [-0.1, -0.05) is 18.2 Å². The van der Waals surface area contributed by atoms with Gasteiger partial charge >= 0.3 is 0 Å². The van der Waals surface area contributed by atoms with Crippen molar-refractivity contribution in [3.8, 4) is 5.75 Å². The fourth-order valence-electron chi connectivity index (χ4n) is 3.31. The van der Waals surface area contributed by atoms with E-state index in [1.54, 1.807) is 42.5 Å². The summed E-state index contributed by atoms with van der Waals surface area (Å²) in [4.78, 5) is 12.8. The van der Waals surface area contributed by atoms with Crippen LogP contribution >= 0.6 is 0 Å². The lowest BCUT2D eigenvalue weighted by molar-refractivity contribution is 0.102. The van der Waals surface area contributed by atoms with Crippen LogP contribution in [0.2, 0.25) is 0 Å². The van der Waals surface area contributed by atoms with E-state index in [0.717, 1.165) is 5.56 Å². The number of hydrogen-bond donors (Lipinski definition) is 3. The summed E-state index contributed by atoms with van der Waals surface area (Å²) in [6.45, 7) is 2.12. The molecule has 0 saturated carbocycles. The number of hydrogen-bond acceptors (Lipinski definition) is 6. The highest BCUT2D eigenvalue weighted by molar-refractivity contribution is 7.91.